The first-order chi connectivity index (χ1) is 8.90. The van der Waals surface area contributed by atoms with Gasteiger partial charge in [0.05, 0.1) is 22.3 Å². The summed E-state index contributed by atoms with van der Waals surface area (Å²) in [7, 11) is 0. The Labute approximate surface area is 112 Å². The number of aromatic nitrogens is 1. The number of rotatable bonds is 4. The molecule has 1 aromatic heterocycles. The van der Waals surface area contributed by atoms with Crippen LogP contribution in [-0.2, 0) is 4.79 Å². The zero-order chi connectivity index (χ0) is 14.0. The number of hydrogen-bond donors (Lipinski definition) is 3. The Morgan fingerprint density at radius 2 is 2.21 bits per heavy atom. The maximum atomic E-state index is 11.8. The van der Waals surface area contributed by atoms with Gasteiger partial charge in [-0.1, -0.05) is 0 Å². The second-order valence-electron chi connectivity index (χ2n) is 4.30. The third-order valence-electron chi connectivity index (χ3n) is 2.65. The highest BCUT2D eigenvalue weighted by atomic mass is 32.1. The van der Waals surface area contributed by atoms with Crippen LogP contribution in [0.5, 0.6) is 0 Å². The lowest BCUT2D eigenvalue weighted by Crippen LogP contribution is -2.46. The van der Waals surface area contributed by atoms with Gasteiger partial charge in [-0.25, -0.2) is 9.78 Å². The van der Waals surface area contributed by atoms with E-state index < -0.39 is 17.5 Å². The van der Waals surface area contributed by atoms with Gasteiger partial charge in [0.1, 0.15) is 0 Å². The van der Waals surface area contributed by atoms with Crippen molar-refractivity contribution in [3.63, 3.8) is 0 Å². The maximum Gasteiger partial charge on any atom is 0.337 e. The first kappa shape index (κ1) is 13.4. The molecule has 1 heterocycles. The average Bonchev–Trinajstić information content (AvgIpc) is 2.82. The highest BCUT2D eigenvalue weighted by Crippen LogP contribution is 2.19. The topological polar surface area (TPSA) is 99.5 Å². The molecule has 2 rings (SSSR count). The molecule has 0 aliphatic heterocycles. The lowest BCUT2D eigenvalue weighted by atomic mass is 10.1. The van der Waals surface area contributed by atoms with Crippen molar-refractivity contribution < 1.29 is 19.8 Å². The summed E-state index contributed by atoms with van der Waals surface area (Å²) in [6.07, 6.45) is 0. The zero-order valence-corrected chi connectivity index (χ0v) is 10.9. The number of aliphatic hydroxyl groups is 1. The van der Waals surface area contributed by atoms with Crippen molar-refractivity contribution in [2.75, 3.05) is 6.54 Å². The van der Waals surface area contributed by atoms with Crippen LogP contribution < -0.4 is 5.32 Å². The van der Waals surface area contributed by atoms with Crippen LogP contribution in [0.1, 0.15) is 17.3 Å². The molecule has 7 heteroatoms. The molecule has 0 saturated carbocycles. The van der Waals surface area contributed by atoms with Crippen molar-refractivity contribution in [2.24, 2.45) is 0 Å². The summed E-state index contributed by atoms with van der Waals surface area (Å²) >= 11 is 1.41. The Balaban J connectivity index is 2.09. The number of carbonyl (C=O) groups is 2. The first-order valence-corrected chi connectivity index (χ1v) is 6.35. The Kier molecular flexibility index (Phi) is 3.50. The van der Waals surface area contributed by atoms with Crippen molar-refractivity contribution in [3.05, 3.63) is 29.3 Å². The number of nitrogens with zero attached hydrogens (tertiary/aromatic N) is 1. The van der Waals surface area contributed by atoms with Gasteiger partial charge in [0, 0.05) is 5.56 Å². The molecule has 0 radical (unpaired) electrons. The molecule has 3 N–H and O–H groups in total. The molecule has 6 nitrogen and oxygen atoms in total. The normalized spacial score (nSPS) is 14.0. The van der Waals surface area contributed by atoms with E-state index in [1.807, 2.05) is 0 Å². The minimum Gasteiger partial charge on any atom is -0.479 e. The predicted octanol–water partition coefficient (Wildman–Crippen LogP) is 0.862. The van der Waals surface area contributed by atoms with Crippen molar-refractivity contribution in [2.45, 2.75) is 12.5 Å². The van der Waals surface area contributed by atoms with Crippen LogP contribution in [0.2, 0.25) is 0 Å². The predicted molar refractivity (Wildman–Crippen MR) is 70.2 cm³/mol. The van der Waals surface area contributed by atoms with Gasteiger partial charge in [-0.2, -0.15) is 0 Å². The molecular formula is C12H12N2O4S. The fourth-order valence-electron chi connectivity index (χ4n) is 1.43. The Morgan fingerprint density at radius 1 is 1.47 bits per heavy atom. The Hall–Kier alpha value is -1.99. The van der Waals surface area contributed by atoms with Crippen molar-refractivity contribution >= 4 is 33.4 Å². The quantitative estimate of drug-likeness (QED) is 0.771. The lowest BCUT2D eigenvalue weighted by molar-refractivity contribution is -0.155. The van der Waals surface area contributed by atoms with Crippen LogP contribution in [0.4, 0.5) is 0 Å². The molecule has 0 bridgehead atoms. The molecule has 1 unspecified atom stereocenters. The number of thiazole rings is 1. The molecule has 0 saturated heterocycles. The van der Waals surface area contributed by atoms with Crippen molar-refractivity contribution in [1.82, 2.24) is 10.3 Å². The molecule has 1 aromatic carbocycles. The fourth-order valence-corrected chi connectivity index (χ4v) is 2.14. The van der Waals surface area contributed by atoms with E-state index in [0.717, 1.165) is 17.1 Å². The largest absolute Gasteiger partial charge is 0.479 e. The van der Waals surface area contributed by atoms with Gasteiger partial charge in [0.15, 0.2) is 5.60 Å². The molecule has 0 spiro atoms. The zero-order valence-electron chi connectivity index (χ0n) is 10.1. The average molecular weight is 280 g/mol. The van der Waals surface area contributed by atoms with Gasteiger partial charge in [-0.3, -0.25) is 4.79 Å². The summed E-state index contributed by atoms with van der Waals surface area (Å²) in [5.41, 5.74) is 0.906. The smallest absolute Gasteiger partial charge is 0.337 e. The fraction of sp³-hybridized carbons (Fsp3) is 0.250. The Bertz CT molecular complexity index is 635. The van der Waals surface area contributed by atoms with E-state index in [0.29, 0.717) is 5.56 Å². The minimum absolute atomic E-state index is 0.359. The van der Waals surface area contributed by atoms with Gasteiger partial charge in [-0.15, -0.1) is 11.3 Å². The minimum atomic E-state index is -1.98. The molecule has 1 amide bonds. The molecule has 100 valence electrons. The number of carboxylic acid groups (broad SMARTS) is 1. The molecule has 0 fully saturated rings. The van der Waals surface area contributed by atoms with Gasteiger partial charge in [0.25, 0.3) is 5.91 Å². The lowest BCUT2D eigenvalue weighted by Gasteiger charge is -2.18. The number of aliphatic carboxylic acids is 1. The van der Waals surface area contributed by atoms with Crippen LogP contribution in [0.25, 0.3) is 10.2 Å². The number of carboxylic acids is 1. The summed E-state index contributed by atoms with van der Waals surface area (Å²) in [6, 6.07) is 5.00. The highest BCUT2D eigenvalue weighted by Gasteiger charge is 2.30. The standard InChI is InChI=1S/C12H12N2O4S/c1-12(18,11(16)17)5-13-10(15)7-2-3-8-9(4-7)19-6-14-8/h2-4,6,18H,5H2,1H3,(H,13,15)(H,16,17). The number of hydrogen-bond acceptors (Lipinski definition) is 5. The summed E-state index contributed by atoms with van der Waals surface area (Å²) in [6.45, 7) is 0.768. The number of fused-ring (bicyclic) bond motifs is 1. The van der Waals surface area contributed by atoms with Gasteiger partial charge in [-0.05, 0) is 25.1 Å². The van der Waals surface area contributed by atoms with Gasteiger partial charge >= 0.3 is 5.97 Å². The summed E-state index contributed by atoms with van der Waals surface area (Å²) < 4.78 is 0.873. The van der Waals surface area contributed by atoms with E-state index in [9.17, 15) is 14.7 Å². The van der Waals surface area contributed by atoms with E-state index in [4.69, 9.17) is 5.11 Å². The molecule has 1 atom stereocenters. The second kappa shape index (κ2) is 4.94. The van der Waals surface area contributed by atoms with Crippen molar-refractivity contribution in [1.29, 1.82) is 0 Å². The SMILES string of the molecule is CC(O)(CNC(=O)c1ccc2ncsc2c1)C(=O)O. The maximum absolute atomic E-state index is 11.8. The van der Waals surface area contributed by atoms with Crippen molar-refractivity contribution in [3.8, 4) is 0 Å². The van der Waals surface area contributed by atoms with Crippen LogP contribution in [0.15, 0.2) is 23.7 Å². The van der Waals surface area contributed by atoms with E-state index >= 15 is 0 Å². The second-order valence-corrected chi connectivity index (χ2v) is 5.18. The van der Waals surface area contributed by atoms with Crippen LogP contribution in [0.3, 0.4) is 0 Å². The van der Waals surface area contributed by atoms with E-state index in [2.05, 4.69) is 10.3 Å². The highest BCUT2D eigenvalue weighted by molar-refractivity contribution is 7.16. The monoisotopic (exact) mass is 280 g/mol. The first-order valence-electron chi connectivity index (χ1n) is 5.47. The number of amides is 1. The van der Waals surface area contributed by atoms with Gasteiger partial charge in [0.2, 0.25) is 0 Å². The summed E-state index contributed by atoms with van der Waals surface area (Å²) in [4.78, 5) is 26.6. The van der Waals surface area contributed by atoms with Gasteiger partial charge < -0.3 is 15.5 Å². The molecule has 0 aliphatic rings. The van der Waals surface area contributed by atoms with E-state index in [1.54, 1.807) is 23.7 Å². The third-order valence-corrected chi connectivity index (χ3v) is 3.44. The molecule has 2 aromatic rings. The molecular weight excluding hydrogens is 268 g/mol. The van der Waals surface area contributed by atoms with E-state index in [-0.39, 0.29) is 6.54 Å². The number of carbonyl (C=O) groups excluding carboxylic acids is 1. The number of benzene rings is 1. The molecule has 0 aliphatic carbocycles. The third kappa shape index (κ3) is 2.88. The van der Waals surface area contributed by atoms with Crippen LogP contribution in [-0.4, -0.2) is 39.2 Å². The summed E-state index contributed by atoms with van der Waals surface area (Å²) in [5, 5.41) is 20.6. The Morgan fingerprint density at radius 3 is 2.89 bits per heavy atom. The molecule has 19 heavy (non-hydrogen) atoms. The van der Waals surface area contributed by atoms with Crippen LogP contribution in [0, 0.1) is 0 Å². The number of nitrogens with one attached hydrogen (secondary N) is 1. The summed E-state index contributed by atoms with van der Waals surface area (Å²) in [5.74, 6) is -1.82. The van der Waals surface area contributed by atoms with Crippen LogP contribution >= 0.6 is 11.3 Å². The van der Waals surface area contributed by atoms with E-state index in [1.165, 1.54) is 11.3 Å².